The van der Waals surface area contributed by atoms with Gasteiger partial charge in [0, 0.05) is 5.92 Å². The molecular weight excluding hydrogens is 202 g/mol. The van der Waals surface area contributed by atoms with Gasteiger partial charge in [-0.15, -0.1) is 0 Å². The molecule has 0 fully saturated rings. The lowest BCUT2D eigenvalue weighted by Crippen LogP contribution is -2.33. The molecule has 0 bridgehead atoms. The average molecular weight is 223 g/mol. The summed E-state index contributed by atoms with van der Waals surface area (Å²) in [6.45, 7) is 7.69. The second kappa shape index (κ2) is 5.21. The zero-order valence-corrected chi connectivity index (χ0v) is 10.2. The molecule has 1 atom stereocenters. The Morgan fingerprint density at radius 3 is 2.25 bits per heavy atom. The summed E-state index contributed by atoms with van der Waals surface area (Å²) < 4.78 is 5.65. The van der Waals surface area contributed by atoms with E-state index in [1.54, 1.807) is 24.3 Å². The second-order valence-corrected chi connectivity index (χ2v) is 5.10. The van der Waals surface area contributed by atoms with Crippen molar-refractivity contribution in [2.24, 2.45) is 17.1 Å². The molecule has 0 aliphatic rings. The van der Waals surface area contributed by atoms with E-state index in [2.05, 4.69) is 20.8 Å². The maximum Gasteiger partial charge on any atom is 0.119 e. The van der Waals surface area contributed by atoms with Crippen molar-refractivity contribution in [1.29, 1.82) is 0 Å². The van der Waals surface area contributed by atoms with E-state index >= 15 is 0 Å². The van der Waals surface area contributed by atoms with Gasteiger partial charge in [0.15, 0.2) is 0 Å². The SMILES string of the molecule is CC(C)(C)C(CN)COc1ccc(O)cc1. The average Bonchev–Trinajstić information content (AvgIpc) is 2.19. The first-order valence-electron chi connectivity index (χ1n) is 5.55. The Morgan fingerprint density at radius 1 is 1.25 bits per heavy atom. The van der Waals surface area contributed by atoms with Crippen LogP contribution in [-0.4, -0.2) is 18.3 Å². The second-order valence-electron chi connectivity index (χ2n) is 5.10. The molecule has 3 heteroatoms. The number of phenolic OH excluding ortho intramolecular Hbond substituents is 1. The fourth-order valence-corrected chi connectivity index (χ4v) is 1.41. The number of ether oxygens (including phenoxy) is 1. The summed E-state index contributed by atoms with van der Waals surface area (Å²) in [5.74, 6) is 1.33. The van der Waals surface area contributed by atoms with Crippen molar-refractivity contribution in [3.8, 4) is 11.5 Å². The van der Waals surface area contributed by atoms with Crippen molar-refractivity contribution in [3.05, 3.63) is 24.3 Å². The molecule has 0 aromatic heterocycles. The van der Waals surface area contributed by atoms with E-state index < -0.39 is 0 Å². The van der Waals surface area contributed by atoms with E-state index in [1.807, 2.05) is 0 Å². The lowest BCUT2D eigenvalue weighted by atomic mass is 9.81. The van der Waals surface area contributed by atoms with Crippen LogP contribution in [0.15, 0.2) is 24.3 Å². The van der Waals surface area contributed by atoms with Crippen molar-refractivity contribution in [2.75, 3.05) is 13.2 Å². The third-order valence-corrected chi connectivity index (χ3v) is 2.80. The van der Waals surface area contributed by atoms with Gasteiger partial charge in [-0.1, -0.05) is 20.8 Å². The zero-order valence-electron chi connectivity index (χ0n) is 10.2. The first-order valence-corrected chi connectivity index (χ1v) is 5.55. The maximum atomic E-state index is 9.13. The molecule has 0 heterocycles. The van der Waals surface area contributed by atoms with E-state index in [4.69, 9.17) is 15.6 Å². The summed E-state index contributed by atoms with van der Waals surface area (Å²) in [7, 11) is 0. The highest BCUT2D eigenvalue weighted by atomic mass is 16.5. The van der Waals surface area contributed by atoms with E-state index in [1.165, 1.54) is 0 Å². The molecule has 0 radical (unpaired) electrons. The van der Waals surface area contributed by atoms with Crippen LogP contribution >= 0.6 is 0 Å². The van der Waals surface area contributed by atoms with Crippen LogP contribution in [0.5, 0.6) is 11.5 Å². The molecule has 0 saturated carbocycles. The third-order valence-electron chi connectivity index (χ3n) is 2.80. The molecule has 90 valence electrons. The molecule has 3 nitrogen and oxygen atoms in total. The van der Waals surface area contributed by atoms with Crippen LogP contribution in [0.2, 0.25) is 0 Å². The predicted molar refractivity (Wildman–Crippen MR) is 65.6 cm³/mol. The lowest BCUT2D eigenvalue weighted by molar-refractivity contribution is 0.152. The van der Waals surface area contributed by atoms with Crippen LogP contribution in [0.4, 0.5) is 0 Å². The van der Waals surface area contributed by atoms with Gasteiger partial charge >= 0.3 is 0 Å². The van der Waals surface area contributed by atoms with Gasteiger partial charge in [-0.2, -0.15) is 0 Å². The van der Waals surface area contributed by atoms with Crippen molar-refractivity contribution in [3.63, 3.8) is 0 Å². The van der Waals surface area contributed by atoms with Gasteiger partial charge in [0.2, 0.25) is 0 Å². The van der Waals surface area contributed by atoms with E-state index in [9.17, 15) is 0 Å². The summed E-state index contributed by atoms with van der Waals surface area (Å²) in [5, 5.41) is 9.13. The Labute approximate surface area is 97.2 Å². The fourth-order valence-electron chi connectivity index (χ4n) is 1.41. The Bertz CT molecular complexity index is 314. The normalized spacial score (nSPS) is 13.5. The molecule has 0 aliphatic carbocycles. The van der Waals surface area contributed by atoms with Crippen LogP contribution in [0, 0.1) is 11.3 Å². The van der Waals surface area contributed by atoms with Gasteiger partial charge in [0.1, 0.15) is 11.5 Å². The summed E-state index contributed by atoms with van der Waals surface area (Å²) in [4.78, 5) is 0. The summed E-state index contributed by atoms with van der Waals surface area (Å²) >= 11 is 0. The number of benzene rings is 1. The largest absolute Gasteiger partial charge is 0.508 e. The Balaban J connectivity index is 2.53. The third kappa shape index (κ3) is 3.74. The van der Waals surface area contributed by atoms with Crippen LogP contribution in [0.3, 0.4) is 0 Å². The number of phenols is 1. The minimum Gasteiger partial charge on any atom is -0.508 e. The van der Waals surface area contributed by atoms with Crippen LogP contribution in [-0.2, 0) is 0 Å². The fraction of sp³-hybridized carbons (Fsp3) is 0.538. The minimum atomic E-state index is 0.145. The van der Waals surface area contributed by atoms with Gasteiger partial charge in [0.05, 0.1) is 6.61 Å². The number of nitrogens with two attached hydrogens (primary N) is 1. The molecule has 1 unspecified atom stereocenters. The van der Waals surface area contributed by atoms with E-state index in [0.29, 0.717) is 19.1 Å². The number of hydrogen-bond donors (Lipinski definition) is 2. The van der Waals surface area contributed by atoms with Crippen LogP contribution in [0.25, 0.3) is 0 Å². The van der Waals surface area contributed by atoms with E-state index in [0.717, 1.165) is 5.75 Å². The first-order chi connectivity index (χ1) is 7.43. The minimum absolute atomic E-state index is 0.145. The molecule has 16 heavy (non-hydrogen) atoms. The highest BCUT2D eigenvalue weighted by molar-refractivity contribution is 5.30. The summed E-state index contributed by atoms with van der Waals surface area (Å²) in [6.07, 6.45) is 0. The summed E-state index contributed by atoms with van der Waals surface area (Å²) in [6, 6.07) is 6.74. The molecule has 0 saturated heterocycles. The lowest BCUT2D eigenvalue weighted by Gasteiger charge is -2.29. The molecule has 1 rings (SSSR count). The zero-order chi connectivity index (χ0) is 12.2. The van der Waals surface area contributed by atoms with Crippen molar-refractivity contribution >= 4 is 0 Å². The maximum absolute atomic E-state index is 9.13. The van der Waals surface area contributed by atoms with Gasteiger partial charge in [-0.25, -0.2) is 0 Å². The Morgan fingerprint density at radius 2 is 1.81 bits per heavy atom. The van der Waals surface area contributed by atoms with Crippen LogP contribution in [0.1, 0.15) is 20.8 Å². The molecule has 1 aromatic carbocycles. The highest BCUT2D eigenvalue weighted by Crippen LogP contribution is 2.26. The Hall–Kier alpha value is -1.22. The predicted octanol–water partition coefficient (Wildman–Crippen LogP) is 2.39. The molecule has 0 spiro atoms. The molecule has 3 N–H and O–H groups in total. The van der Waals surface area contributed by atoms with Gasteiger partial charge < -0.3 is 15.6 Å². The van der Waals surface area contributed by atoms with Gasteiger partial charge in [-0.05, 0) is 36.2 Å². The Kier molecular flexibility index (Phi) is 4.19. The van der Waals surface area contributed by atoms with Crippen molar-refractivity contribution < 1.29 is 9.84 Å². The topological polar surface area (TPSA) is 55.5 Å². The van der Waals surface area contributed by atoms with Crippen LogP contribution < -0.4 is 10.5 Å². The van der Waals surface area contributed by atoms with E-state index in [-0.39, 0.29) is 11.2 Å². The summed E-state index contributed by atoms with van der Waals surface area (Å²) in [5.41, 5.74) is 5.87. The van der Waals surface area contributed by atoms with Crippen molar-refractivity contribution in [1.82, 2.24) is 0 Å². The molecule has 0 amide bonds. The molecule has 0 aliphatic heterocycles. The number of aromatic hydroxyl groups is 1. The smallest absolute Gasteiger partial charge is 0.119 e. The monoisotopic (exact) mass is 223 g/mol. The highest BCUT2D eigenvalue weighted by Gasteiger charge is 2.23. The van der Waals surface area contributed by atoms with Crippen molar-refractivity contribution in [2.45, 2.75) is 20.8 Å². The molecular formula is C13H21NO2. The van der Waals surface area contributed by atoms with Gasteiger partial charge in [0.25, 0.3) is 0 Å². The first kappa shape index (κ1) is 12.8. The quantitative estimate of drug-likeness (QED) is 0.824. The number of rotatable bonds is 4. The standard InChI is InChI=1S/C13H21NO2/c1-13(2,3)10(8-14)9-16-12-6-4-11(15)5-7-12/h4-7,10,15H,8-9,14H2,1-3H3. The van der Waals surface area contributed by atoms with Gasteiger partial charge in [-0.3, -0.25) is 0 Å². The number of hydrogen-bond acceptors (Lipinski definition) is 3. The molecule has 1 aromatic rings.